The smallest absolute Gasteiger partial charge is 0.330 e. The average Bonchev–Trinajstić information content (AvgIpc) is 2.73. The highest BCUT2D eigenvalue weighted by Gasteiger charge is 2.52. The molecule has 114 valence electrons. The Labute approximate surface area is 124 Å². The number of amides is 2. The fraction of sp³-hybridized carbons (Fsp3) is 0.688. The van der Waals surface area contributed by atoms with Crippen molar-refractivity contribution in [2.24, 2.45) is 23.7 Å². The maximum atomic E-state index is 12.3. The van der Waals surface area contributed by atoms with Crippen molar-refractivity contribution in [1.29, 1.82) is 0 Å². The second-order valence-corrected chi connectivity index (χ2v) is 6.33. The molecule has 2 aliphatic carbocycles. The molecular formula is C16H21NO4. The van der Waals surface area contributed by atoms with Crippen molar-refractivity contribution in [3.63, 3.8) is 0 Å². The Morgan fingerprint density at radius 3 is 2.29 bits per heavy atom. The Balaban J connectivity index is 1.66. The largest absolute Gasteiger partial charge is 0.336 e. The summed E-state index contributed by atoms with van der Waals surface area (Å²) >= 11 is 0. The van der Waals surface area contributed by atoms with Gasteiger partial charge in [0, 0.05) is 12.8 Å². The van der Waals surface area contributed by atoms with Crippen LogP contribution in [0.15, 0.2) is 12.2 Å². The highest BCUT2D eigenvalue weighted by Crippen LogP contribution is 2.51. The van der Waals surface area contributed by atoms with Gasteiger partial charge < -0.3 is 4.84 Å². The maximum absolute atomic E-state index is 12.3. The van der Waals surface area contributed by atoms with Crippen molar-refractivity contribution in [3.05, 3.63) is 12.2 Å². The van der Waals surface area contributed by atoms with Crippen molar-refractivity contribution in [1.82, 2.24) is 5.06 Å². The van der Waals surface area contributed by atoms with Crippen LogP contribution in [0.25, 0.3) is 0 Å². The number of imide groups is 1. The van der Waals surface area contributed by atoms with Gasteiger partial charge in [-0.15, -0.1) is 5.06 Å². The van der Waals surface area contributed by atoms with E-state index in [2.05, 4.69) is 19.1 Å². The van der Waals surface area contributed by atoms with E-state index in [9.17, 15) is 14.4 Å². The van der Waals surface area contributed by atoms with Gasteiger partial charge in [0.05, 0.1) is 5.92 Å². The molecule has 4 atom stereocenters. The quantitative estimate of drug-likeness (QED) is 0.578. The van der Waals surface area contributed by atoms with Gasteiger partial charge in [0.2, 0.25) is 0 Å². The Bertz CT molecular complexity index is 483. The summed E-state index contributed by atoms with van der Waals surface area (Å²) in [6.07, 6.45) is 8.81. The molecule has 4 unspecified atom stereocenters. The lowest BCUT2D eigenvalue weighted by Gasteiger charge is -2.50. The lowest BCUT2D eigenvalue weighted by atomic mass is 9.54. The Morgan fingerprint density at radius 1 is 1.10 bits per heavy atom. The van der Waals surface area contributed by atoms with E-state index in [4.69, 9.17) is 4.84 Å². The highest BCUT2D eigenvalue weighted by atomic mass is 16.7. The van der Waals surface area contributed by atoms with Crippen molar-refractivity contribution in [3.8, 4) is 0 Å². The minimum absolute atomic E-state index is 0.142. The molecule has 1 saturated carbocycles. The summed E-state index contributed by atoms with van der Waals surface area (Å²) in [7, 11) is 0. The van der Waals surface area contributed by atoms with E-state index in [1.807, 2.05) is 0 Å². The van der Waals surface area contributed by atoms with E-state index in [1.165, 1.54) is 0 Å². The summed E-state index contributed by atoms with van der Waals surface area (Å²) in [4.78, 5) is 40.5. The molecule has 3 aliphatic rings. The summed E-state index contributed by atoms with van der Waals surface area (Å²) < 4.78 is 0. The van der Waals surface area contributed by atoms with Gasteiger partial charge in [0.1, 0.15) is 0 Å². The van der Waals surface area contributed by atoms with Crippen LogP contribution in [0.5, 0.6) is 0 Å². The predicted octanol–water partition coefficient (Wildman–Crippen LogP) is 2.22. The number of carbonyl (C=O) groups excluding carboxylic acids is 3. The van der Waals surface area contributed by atoms with Crippen molar-refractivity contribution < 1.29 is 19.2 Å². The molecule has 2 fully saturated rings. The summed E-state index contributed by atoms with van der Waals surface area (Å²) in [6.45, 7) is 2.08. The molecule has 0 N–H and O–H groups in total. The molecule has 1 saturated heterocycles. The molecule has 0 aromatic heterocycles. The van der Waals surface area contributed by atoms with Crippen LogP contribution >= 0.6 is 0 Å². The van der Waals surface area contributed by atoms with Crippen LogP contribution in [0.4, 0.5) is 0 Å². The lowest BCUT2D eigenvalue weighted by Crippen LogP contribution is -2.51. The number of carbonyl (C=O) groups is 3. The van der Waals surface area contributed by atoms with Crippen molar-refractivity contribution in [2.75, 3.05) is 0 Å². The summed E-state index contributed by atoms with van der Waals surface area (Å²) in [5, 5.41) is 0.672. The minimum atomic E-state index is -0.406. The van der Waals surface area contributed by atoms with Crippen LogP contribution in [-0.2, 0) is 19.2 Å². The number of nitrogens with zero attached hydrogens (tertiary/aromatic N) is 1. The third-order valence-electron chi connectivity index (χ3n) is 5.21. The zero-order chi connectivity index (χ0) is 15.0. The maximum Gasteiger partial charge on any atom is 0.336 e. The topological polar surface area (TPSA) is 63.7 Å². The fourth-order valence-corrected chi connectivity index (χ4v) is 4.05. The fourth-order valence-electron chi connectivity index (χ4n) is 4.05. The SMILES string of the molecule is CC1C2CC/C=C/CCC2C1C(=O)ON1C(=O)CCC1=O. The Hall–Kier alpha value is -1.65. The first-order valence-corrected chi connectivity index (χ1v) is 7.82. The molecular weight excluding hydrogens is 270 g/mol. The third kappa shape index (κ3) is 2.49. The Morgan fingerprint density at radius 2 is 1.67 bits per heavy atom. The van der Waals surface area contributed by atoms with E-state index in [-0.39, 0.29) is 24.7 Å². The number of rotatable bonds is 2. The highest BCUT2D eigenvalue weighted by molar-refractivity contribution is 6.01. The number of hydrogen-bond acceptors (Lipinski definition) is 4. The molecule has 0 aromatic carbocycles. The molecule has 1 heterocycles. The molecule has 0 bridgehead atoms. The van der Waals surface area contributed by atoms with Crippen LogP contribution in [0.3, 0.4) is 0 Å². The van der Waals surface area contributed by atoms with Crippen LogP contribution in [0, 0.1) is 23.7 Å². The number of hydrogen-bond donors (Lipinski definition) is 0. The molecule has 5 heteroatoms. The zero-order valence-electron chi connectivity index (χ0n) is 12.3. The minimum Gasteiger partial charge on any atom is -0.330 e. The molecule has 3 rings (SSSR count). The van der Waals surface area contributed by atoms with Gasteiger partial charge in [-0.05, 0) is 43.4 Å². The van der Waals surface area contributed by atoms with Gasteiger partial charge >= 0.3 is 5.97 Å². The van der Waals surface area contributed by atoms with Gasteiger partial charge in [-0.25, -0.2) is 4.79 Å². The molecule has 5 nitrogen and oxygen atoms in total. The molecule has 2 amide bonds. The van der Waals surface area contributed by atoms with Gasteiger partial charge in [-0.1, -0.05) is 19.1 Å². The van der Waals surface area contributed by atoms with Crippen molar-refractivity contribution in [2.45, 2.75) is 45.4 Å². The molecule has 21 heavy (non-hydrogen) atoms. The van der Waals surface area contributed by atoms with Gasteiger partial charge in [0.15, 0.2) is 0 Å². The monoisotopic (exact) mass is 291 g/mol. The predicted molar refractivity (Wildman–Crippen MR) is 74.4 cm³/mol. The Kier molecular flexibility index (Phi) is 3.83. The summed E-state index contributed by atoms with van der Waals surface area (Å²) in [5.41, 5.74) is 0. The molecule has 0 aromatic rings. The van der Waals surface area contributed by atoms with Crippen LogP contribution in [0.1, 0.15) is 45.4 Å². The summed E-state index contributed by atoms with van der Waals surface area (Å²) in [6, 6.07) is 0. The number of hydroxylamine groups is 2. The molecule has 1 aliphatic heterocycles. The first kappa shape index (κ1) is 14.3. The van der Waals surface area contributed by atoms with E-state index >= 15 is 0 Å². The van der Waals surface area contributed by atoms with Crippen LogP contribution in [-0.4, -0.2) is 22.8 Å². The van der Waals surface area contributed by atoms with Gasteiger partial charge in [-0.3, -0.25) is 9.59 Å². The standard InChI is InChI=1S/C16H21NO4/c1-10-11-6-4-2-3-5-7-12(11)15(10)16(20)21-17-13(18)8-9-14(17)19/h2-3,10-12,15H,4-9H2,1H3/b3-2+. The van der Waals surface area contributed by atoms with Gasteiger partial charge in [-0.2, -0.15) is 0 Å². The zero-order valence-corrected chi connectivity index (χ0v) is 12.3. The first-order valence-electron chi connectivity index (χ1n) is 7.82. The first-order chi connectivity index (χ1) is 10.1. The van der Waals surface area contributed by atoms with E-state index in [0.717, 1.165) is 25.7 Å². The molecule has 0 radical (unpaired) electrons. The molecule has 0 spiro atoms. The van der Waals surface area contributed by atoms with Crippen molar-refractivity contribution >= 4 is 17.8 Å². The van der Waals surface area contributed by atoms with E-state index in [1.54, 1.807) is 0 Å². The summed E-state index contributed by atoms with van der Waals surface area (Å²) in [5.74, 6) is -0.251. The van der Waals surface area contributed by atoms with Crippen LogP contribution < -0.4 is 0 Å². The van der Waals surface area contributed by atoms with E-state index in [0.29, 0.717) is 16.9 Å². The van der Waals surface area contributed by atoms with Gasteiger partial charge in [0.25, 0.3) is 11.8 Å². The lowest BCUT2D eigenvalue weighted by molar-refractivity contribution is -0.210. The van der Waals surface area contributed by atoms with Crippen LogP contribution in [0.2, 0.25) is 0 Å². The normalized spacial score (nSPS) is 37.3. The number of fused-ring (bicyclic) bond motifs is 1. The average molecular weight is 291 g/mol. The second kappa shape index (κ2) is 5.62. The second-order valence-electron chi connectivity index (χ2n) is 6.33. The number of allylic oxidation sites excluding steroid dienone is 2. The van der Waals surface area contributed by atoms with E-state index < -0.39 is 17.8 Å². The third-order valence-corrected chi connectivity index (χ3v) is 5.21.